The lowest BCUT2D eigenvalue weighted by molar-refractivity contribution is 1.12. The van der Waals surface area contributed by atoms with E-state index in [1.165, 1.54) is 54.9 Å². The molecule has 4 aromatic rings. The quantitative estimate of drug-likeness (QED) is 0.367. The van der Waals surface area contributed by atoms with Gasteiger partial charge >= 0.3 is 0 Å². The van der Waals surface area contributed by atoms with E-state index in [2.05, 4.69) is 88.4 Å². The SMILES string of the molecule is CCc1c(C)cc2ccccc2c1-c1c(C)c(C)cc2ccccc12. The first kappa shape index (κ1) is 15.9. The minimum atomic E-state index is 1.05. The first-order chi connectivity index (χ1) is 12.1. The predicted molar refractivity (Wildman–Crippen MR) is 110 cm³/mol. The van der Waals surface area contributed by atoms with Crippen molar-refractivity contribution in [2.45, 2.75) is 34.1 Å². The molecule has 0 saturated heterocycles. The standard InChI is InChI=1S/C25H24/c1-5-21-17(3)15-20-11-7-9-13-23(20)25(21)24-18(4)16(2)14-19-10-6-8-12-22(19)24/h6-15H,5H2,1-4H3. The van der Waals surface area contributed by atoms with E-state index in [-0.39, 0.29) is 0 Å². The van der Waals surface area contributed by atoms with Gasteiger partial charge in [0.2, 0.25) is 0 Å². The van der Waals surface area contributed by atoms with Gasteiger partial charge in [-0.3, -0.25) is 0 Å². The molecule has 0 bridgehead atoms. The summed E-state index contributed by atoms with van der Waals surface area (Å²) in [6.07, 6.45) is 1.05. The van der Waals surface area contributed by atoms with Gasteiger partial charge in [0.1, 0.15) is 0 Å². The van der Waals surface area contributed by atoms with Crippen molar-refractivity contribution < 1.29 is 0 Å². The fraction of sp³-hybridized carbons (Fsp3) is 0.200. The highest BCUT2D eigenvalue weighted by Gasteiger charge is 2.17. The summed E-state index contributed by atoms with van der Waals surface area (Å²) in [5.74, 6) is 0. The first-order valence-electron chi connectivity index (χ1n) is 9.12. The Kier molecular flexibility index (Phi) is 3.84. The minimum Gasteiger partial charge on any atom is -0.0616 e. The molecule has 0 nitrogen and oxygen atoms in total. The number of hydrogen-bond donors (Lipinski definition) is 0. The highest BCUT2D eigenvalue weighted by molar-refractivity contribution is 6.08. The van der Waals surface area contributed by atoms with E-state index in [0.717, 1.165) is 6.42 Å². The normalized spacial score (nSPS) is 11.4. The molecule has 0 aliphatic carbocycles. The highest BCUT2D eigenvalue weighted by atomic mass is 14.2. The second-order valence-electron chi connectivity index (χ2n) is 7.04. The van der Waals surface area contributed by atoms with E-state index in [9.17, 15) is 0 Å². The Morgan fingerprint density at radius 3 is 1.76 bits per heavy atom. The Labute approximate surface area is 150 Å². The van der Waals surface area contributed by atoms with Crippen LogP contribution >= 0.6 is 0 Å². The number of fused-ring (bicyclic) bond motifs is 2. The monoisotopic (exact) mass is 324 g/mol. The molecule has 0 amide bonds. The predicted octanol–water partition coefficient (Wildman–Crippen LogP) is 7.15. The molecule has 0 spiro atoms. The molecule has 0 heterocycles. The van der Waals surface area contributed by atoms with Crippen molar-refractivity contribution in [1.29, 1.82) is 0 Å². The average molecular weight is 324 g/mol. The van der Waals surface area contributed by atoms with Crippen LogP contribution in [0.25, 0.3) is 32.7 Å². The molecule has 0 N–H and O–H groups in total. The number of hydrogen-bond acceptors (Lipinski definition) is 0. The lowest BCUT2D eigenvalue weighted by Crippen LogP contribution is -1.98. The second-order valence-corrected chi connectivity index (χ2v) is 7.04. The average Bonchev–Trinajstić information content (AvgIpc) is 2.62. The van der Waals surface area contributed by atoms with Gasteiger partial charge in [-0.1, -0.05) is 67.6 Å². The summed E-state index contributed by atoms with van der Waals surface area (Å²) in [7, 11) is 0. The van der Waals surface area contributed by atoms with E-state index in [1.54, 1.807) is 0 Å². The Morgan fingerprint density at radius 2 is 1.16 bits per heavy atom. The lowest BCUT2D eigenvalue weighted by Gasteiger charge is -2.20. The van der Waals surface area contributed by atoms with E-state index in [0.29, 0.717) is 0 Å². The van der Waals surface area contributed by atoms with E-state index < -0.39 is 0 Å². The third-order valence-electron chi connectivity index (χ3n) is 5.55. The van der Waals surface area contributed by atoms with Crippen molar-refractivity contribution >= 4 is 21.5 Å². The van der Waals surface area contributed by atoms with Crippen molar-refractivity contribution in [3.05, 3.63) is 82.9 Å². The maximum absolute atomic E-state index is 2.34. The number of rotatable bonds is 2. The lowest BCUT2D eigenvalue weighted by atomic mass is 9.83. The third kappa shape index (κ3) is 2.44. The van der Waals surface area contributed by atoms with Crippen LogP contribution in [0.15, 0.2) is 60.7 Å². The van der Waals surface area contributed by atoms with Crippen LogP contribution in [0.1, 0.15) is 29.2 Å². The highest BCUT2D eigenvalue weighted by Crippen LogP contribution is 2.41. The zero-order valence-electron chi connectivity index (χ0n) is 15.5. The van der Waals surface area contributed by atoms with Crippen LogP contribution in [0, 0.1) is 20.8 Å². The molecule has 0 aliphatic heterocycles. The maximum Gasteiger partial charge on any atom is -0.00618 e. The molecule has 0 aliphatic rings. The van der Waals surface area contributed by atoms with E-state index >= 15 is 0 Å². The number of aryl methyl sites for hydroxylation is 2. The van der Waals surface area contributed by atoms with Crippen molar-refractivity contribution in [2.75, 3.05) is 0 Å². The summed E-state index contributed by atoms with van der Waals surface area (Å²) in [5.41, 5.74) is 8.45. The summed E-state index contributed by atoms with van der Waals surface area (Å²) in [6, 6.07) is 22.3. The summed E-state index contributed by atoms with van der Waals surface area (Å²) >= 11 is 0. The molecule has 0 unspecified atom stereocenters. The smallest absolute Gasteiger partial charge is 0.00618 e. The van der Waals surface area contributed by atoms with Crippen molar-refractivity contribution in [2.24, 2.45) is 0 Å². The van der Waals surface area contributed by atoms with Gasteiger partial charge in [-0.05, 0) is 82.1 Å². The van der Waals surface area contributed by atoms with Gasteiger partial charge in [0.15, 0.2) is 0 Å². The fourth-order valence-corrected chi connectivity index (χ4v) is 4.19. The Morgan fingerprint density at radius 1 is 0.640 bits per heavy atom. The van der Waals surface area contributed by atoms with Crippen molar-refractivity contribution in [3.63, 3.8) is 0 Å². The molecule has 0 fully saturated rings. The first-order valence-corrected chi connectivity index (χ1v) is 9.12. The molecule has 0 atom stereocenters. The summed E-state index contributed by atoms with van der Waals surface area (Å²) in [4.78, 5) is 0. The molecule has 25 heavy (non-hydrogen) atoms. The van der Waals surface area contributed by atoms with Gasteiger partial charge in [-0.25, -0.2) is 0 Å². The zero-order valence-corrected chi connectivity index (χ0v) is 15.5. The van der Waals surface area contributed by atoms with Crippen LogP contribution in [0.4, 0.5) is 0 Å². The molecule has 4 rings (SSSR count). The van der Waals surface area contributed by atoms with Crippen LogP contribution in [0.3, 0.4) is 0 Å². The zero-order chi connectivity index (χ0) is 17.6. The van der Waals surface area contributed by atoms with E-state index in [4.69, 9.17) is 0 Å². The largest absolute Gasteiger partial charge is 0.0616 e. The Balaban J connectivity index is 2.27. The summed E-state index contributed by atoms with van der Waals surface area (Å²) in [6.45, 7) is 9.03. The molecule has 0 heteroatoms. The van der Waals surface area contributed by atoms with Crippen LogP contribution in [-0.4, -0.2) is 0 Å². The Bertz CT molecular complexity index is 1100. The van der Waals surface area contributed by atoms with Crippen LogP contribution in [0.2, 0.25) is 0 Å². The van der Waals surface area contributed by atoms with E-state index in [1.807, 2.05) is 0 Å². The van der Waals surface area contributed by atoms with Crippen molar-refractivity contribution in [1.82, 2.24) is 0 Å². The molecule has 4 aromatic carbocycles. The molecular weight excluding hydrogens is 300 g/mol. The third-order valence-corrected chi connectivity index (χ3v) is 5.55. The van der Waals surface area contributed by atoms with Gasteiger partial charge in [0, 0.05) is 0 Å². The van der Waals surface area contributed by atoms with Gasteiger partial charge in [-0.15, -0.1) is 0 Å². The molecule has 0 aromatic heterocycles. The summed E-state index contributed by atoms with van der Waals surface area (Å²) in [5, 5.41) is 5.38. The maximum atomic E-state index is 2.34. The Hall–Kier alpha value is -2.60. The van der Waals surface area contributed by atoms with Gasteiger partial charge < -0.3 is 0 Å². The van der Waals surface area contributed by atoms with Crippen LogP contribution in [-0.2, 0) is 6.42 Å². The molecule has 0 saturated carbocycles. The topological polar surface area (TPSA) is 0 Å². The minimum absolute atomic E-state index is 1.05. The second kappa shape index (κ2) is 6.04. The fourth-order valence-electron chi connectivity index (χ4n) is 4.19. The van der Waals surface area contributed by atoms with Crippen molar-refractivity contribution in [3.8, 4) is 11.1 Å². The summed E-state index contributed by atoms with van der Waals surface area (Å²) < 4.78 is 0. The molecule has 0 radical (unpaired) electrons. The van der Waals surface area contributed by atoms with Gasteiger partial charge in [0.25, 0.3) is 0 Å². The van der Waals surface area contributed by atoms with Crippen LogP contribution < -0.4 is 0 Å². The number of benzene rings is 4. The van der Waals surface area contributed by atoms with Gasteiger partial charge in [0.05, 0.1) is 0 Å². The van der Waals surface area contributed by atoms with Gasteiger partial charge in [-0.2, -0.15) is 0 Å². The molecule has 124 valence electrons. The molecular formula is C25H24. The van der Waals surface area contributed by atoms with Crippen LogP contribution in [0.5, 0.6) is 0 Å².